The molecule has 1 aromatic rings. The van der Waals surface area contributed by atoms with E-state index in [1.807, 2.05) is 4.90 Å². The highest BCUT2D eigenvalue weighted by Crippen LogP contribution is 2.34. The third kappa shape index (κ3) is 5.06. The third-order valence-electron chi connectivity index (χ3n) is 5.63. The van der Waals surface area contributed by atoms with Gasteiger partial charge in [-0.3, -0.25) is 9.59 Å². The molecule has 1 atom stereocenters. The second-order valence-electron chi connectivity index (χ2n) is 7.93. The van der Waals surface area contributed by atoms with E-state index in [4.69, 9.17) is 10.3 Å². The van der Waals surface area contributed by atoms with Gasteiger partial charge in [-0.05, 0) is 25.7 Å². The largest absolute Gasteiger partial charge is 0.343 e. The zero-order valence-corrected chi connectivity index (χ0v) is 16.2. The predicted molar refractivity (Wildman–Crippen MR) is 99.6 cm³/mol. The second-order valence-corrected chi connectivity index (χ2v) is 7.93. The lowest BCUT2D eigenvalue weighted by Gasteiger charge is -2.30. The highest BCUT2D eigenvalue weighted by molar-refractivity contribution is 5.76. The van der Waals surface area contributed by atoms with Gasteiger partial charge in [-0.2, -0.15) is 4.98 Å². The first-order chi connectivity index (χ1) is 13.0. The smallest absolute Gasteiger partial charge is 0.227 e. The van der Waals surface area contributed by atoms with E-state index in [0.29, 0.717) is 31.1 Å². The fraction of sp³-hybridized carbons (Fsp3) is 0.789. The van der Waals surface area contributed by atoms with Crippen molar-refractivity contribution in [2.45, 2.75) is 82.7 Å². The number of carbonyl (C=O) groups is 2. The number of carbonyl (C=O) groups excluding carboxylic acids is 2. The molecule has 27 heavy (non-hydrogen) atoms. The lowest BCUT2D eigenvalue weighted by atomic mass is 9.89. The Kier molecular flexibility index (Phi) is 6.46. The molecule has 2 amide bonds. The van der Waals surface area contributed by atoms with Crippen molar-refractivity contribution >= 4 is 11.8 Å². The Morgan fingerprint density at radius 2 is 2.00 bits per heavy atom. The number of aromatic nitrogens is 2. The minimum atomic E-state index is -0.548. The molecule has 1 saturated carbocycles. The van der Waals surface area contributed by atoms with Crippen molar-refractivity contribution in [1.82, 2.24) is 20.4 Å². The topological polar surface area (TPSA) is 114 Å². The van der Waals surface area contributed by atoms with Gasteiger partial charge in [0.1, 0.15) is 5.54 Å². The molecule has 2 aliphatic rings. The van der Waals surface area contributed by atoms with Crippen LogP contribution in [0.5, 0.6) is 0 Å². The number of hydrogen-bond donors (Lipinski definition) is 2. The van der Waals surface area contributed by atoms with Gasteiger partial charge < -0.3 is 20.5 Å². The monoisotopic (exact) mass is 377 g/mol. The van der Waals surface area contributed by atoms with Crippen LogP contribution in [0.25, 0.3) is 0 Å². The summed E-state index contributed by atoms with van der Waals surface area (Å²) in [4.78, 5) is 30.5. The summed E-state index contributed by atoms with van der Waals surface area (Å²) in [5, 5.41) is 7.24. The average molecular weight is 377 g/mol. The van der Waals surface area contributed by atoms with E-state index in [0.717, 1.165) is 57.9 Å². The fourth-order valence-electron chi connectivity index (χ4n) is 4.23. The van der Waals surface area contributed by atoms with Gasteiger partial charge in [0.15, 0.2) is 5.82 Å². The number of piperidine rings is 1. The fourth-order valence-corrected chi connectivity index (χ4v) is 4.23. The molecule has 2 fully saturated rings. The maximum atomic E-state index is 12.4. The quantitative estimate of drug-likeness (QED) is 0.754. The summed E-state index contributed by atoms with van der Waals surface area (Å²) >= 11 is 0. The first-order valence-corrected chi connectivity index (χ1v) is 10.1. The van der Waals surface area contributed by atoms with Gasteiger partial charge >= 0.3 is 0 Å². The van der Waals surface area contributed by atoms with Crippen molar-refractivity contribution in [3.8, 4) is 0 Å². The molecule has 0 spiro atoms. The van der Waals surface area contributed by atoms with Gasteiger partial charge in [0.25, 0.3) is 0 Å². The Labute approximate surface area is 160 Å². The standard InChI is InChI=1S/C19H31N5O3/c1-14(25)22-19(10-4-2-3-5-11-19)18-21-16(27-23-18)8-9-17(26)24-12-6-7-15(20)13-24/h15H,2-13,20H2,1H3,(H,22,25). The first-order valence-electron chi connectivity index (χ1n) is 10.1. The normalized spacial score (nSPS) is 22.9. The summed E-state index contributed by atoms with van der Waals surface area (Å²) in [6, 6.07) is 0.0745. The lowest BCUT2D eigenvalue weighted by molar-refractivity contribution is -0.132. The van der Waals surface area contributed by atoms with E-state index >= 15 is 0 Å². The van der Waals surface area contributed by atoms with Crippen LogP contribution in [0, 0.1) is 0 Å². The van der Waals surface area contributed by atoms with E-state index < -0.39 is 5.54 Å². The molecule has 1 aliphatic heterocycles. The summed E-state index contributed by atoms with van der Waals surface area (Å²) < 4.78 is 5.42. The summed E-state index contributed by atoms with van der Waals surface area (Å²) in [5.41, 5.74) is 5.41. The number of amides is 2. The molecule has 0 radical (unpaired) electrons. The number of nitrogens with two attached hydrogens (primary N) is 1. The van der Waals surface area contributed by atoms with E-state index in [9.17, 15) is 9.59 Å². The number of aryl methyl sites for hydroxylation is 1. The Morgan fingerprint density at radius 1 is 1.26 bits per heavy atom. The van der Waals surface area contributed by atoms with E-state index in [2.05, 4.69) is 15.5 Å². The van der Waals surface area contributed by atoms with Crippen LogP contribution in [0.4, 0.5) is 0 Å². The minimum absolute atomic E-state index is 0.0745. The molecule has 1 aromatic heterocycles. The van der Waals surface area contributed by atoms with Gasteiger partial charge in [-0.15, -0.1) is 0 Å². The number of likely N-dealkylation sites (tertiary alicyclic amines) is 1. The van der Waals surface area contributed by atoms with E-state index in [-0.39, 0.29) is 17.9 Å². The summed E-state index contributed by atoms with van der Waals surface area (Å²) in [5.74, 6) is 0.992. The van der Waals surface area contributed by atoms with Gasteiger partial charge in [-0.25, -0.2) is 0 Å². The maximum Gasteiger partial charge on any atom is 0.227 e. The molecule has 150 valence electrons. The van der Waals surface area contributed by atoms with Gasteiger partial charge in [0.05, 0.1) is 0 Å². The van der Waals surface area contributed by atoms with Crippen molar-refractivity contribution in [3.63, 3.8) is 0 Å². The summed E-state index contributed by atoms with van der Waals surface area (Å²) in [7, 11) is 0. The summed E-state index contributed by atoms with van der Waals surface area (Å²) in [6.45, 7) is 2.92. The maximum absolute atomic E-state index is 12.4. The summed E-state index contributed by atoms with van der Waals surface area (Å²) in [6.07, 6.45) is 8.66. The zero-order chi connectivity index (χ0) is 19.3. The van der Waals surface area contributed by atoms with Crippen LogP contribution in [0.1, 0.15) is 76.4 Å². The molecule has 0 bridgehead atoms. The Hall–Kier alpha value is -1.96. The Bertz CT molecular complexity index is 652. The van der Waals surface area contributed by atoms with Crippen molar-refractivity contribution in [2.24, 2.45) is 5.73 Å². The average Bonchev–Trinajstić information content (AvgIpc) is 3.00. The van der Waals surface area contributed by atoms with Crippen molar-refractivity contribution in [2.75, 3.05) is 13.1 Å². The van der Waals surface area contributed by atoms with Crippen LogP contribution < -0.4 is 11.1 Å². The number of nitrogens with one attached hydrogen (secondary N) is 1. The van der Waals surface area contributed by atoms with Crippen molar-refractivity contribution < 1.29 is 14.1 Å². The molecule has 2 heterocycles. The Morgan fingerprint density at radius 3 is 2.67 bits per heavy atom. The minimum Gasteiger partial charge on any atom is -0.343 e. The number of hydrogen-bond acceptors (Lipinski definition) is 6. The van der Waals surface area contributed by atoms with Crippen LogP contribution in [0.15, 0.2) is 4.52 Å². The van der Waals surface area contributed by atoms with Crippen LogP contribution in [0.2, 0.25) is 0 Å². The zero-order valence-electron chi connectivity index (χ0n) is 16.2. The predicted octanol–water partition coefficient (Wildman–Crippen LogP) is 1.64. The molecule has 1 aliphatic carbocycles. The van der Waals surface area contributed by atoms with Crippen molar-refractivity contribution in [1.29, 1.82) is 0 Å². The molecule has 8 heteroatoms. The highest BCUT2D eigenvalue weighted by Gasteiger charge is 2.38. The molecule has 1 unspecified atom stereocenters. The molecule has 0 aromatic carbocycles. The highest BCUT2D eigenvalue weighted by atomic mass is 16.5. The van der Waals surface area contributed by atoms with Crippen LogP contribution in [-0.4, -0.2) is 46.0 Å². The Balaban J connectivity index is 1.63. The number of rotatable bonds is 5. The van der Waals surface area contributed by atoms with Crippen LogP contribution in [0.3, 0.4) is 0 Å². The van der Waals surface area contributed by atoms with Crippen LogP contribution in [-0.2, 0) is 21.5 Å². The first kappa shape index (κ1) is 19.8. The van der Waals surface area contributed by atoms with Gasteiger partial charge in [0, 0.05) is 38.9 Å². The van der Waals surface area contributed by atoms with E-state index in [1.54, 1.807) is 0 Å². The van der Waals surface area contributed by atoms with Crippen LogP contribution >= 0.6 is 0 Å². The number of nitrogens with zero attached hydrogens (tertiary/aromatic N) is 3. The van der Waals surface area contributed by atoms with E-state index in [1.165, 1.54) is 6.92 Å². The molecule has 3 N–H and O–H groups in total. The molecular formula is C19H31N5O3. The van der Waals surface area contributed by atoms with Gasteiger partial charge in [-0.1, -0.05) is 30.8 Å². The SMILES string of the molecule is CC(=O)NC1(c2noc(CCC(=O)N3CCCC(N)C3)n2)CCCCCC1. The molecule has 1 saturated heterocycles. The molecule has 3 rings (SSSR count). The van der Waals surface area contributed by atoms with Crippen molar-refractivity contribution in [3.05, 3.63) is 11.7 Å². The lowest BCUT2D eigenvalue weighted by Crippen LogP contribution is -2.45. The molecule has 8 nitrogen and oxygen atoms in total. The third-order valence-corrected chi connectivity index (χ3v) is 5.63. The molecular weight excluding hydrogens is 346 g/mol. The van der Waals surface area contributed by atoms with Gasteiger partial charge in [0.2, 0.25) is 17.7 Å². The second kappa shape index (κ2) is 8.82.